The van der Waals surface area contributed by atoms with E-state index in [1.165, 1.54) is 55.2 Å². The van der Waals surface area contributed by atoms with E-state index in [1.807, 2.05) is 0 Å². The van der Waals surface area contributed by atoms with Crippen LogP contribution in [0.1, 0.15) is 68.2 Å². The molecule has 1 aliphatic rings. The highest BCUT2D eigenvalue weighted by molar-refractivity contribution is 5.33. The molecule has 0 amide bonds. The van der Waals surface area contributed by atoms with Gasteiger partial charge in [0.2, 0.25) is 0 Å². The Hall–Kier alpha value is -0.860. The molecule has 0 spiro atoms. The lowest BCUT2D eigenvalue weighted by atomic mass is 9.81. The molecule has 0 aliphatic heterocycles. The molecule has 1 aromatic rings. The Balaban J connectivity index is 2.36. The molecule has 21 heavy (non-hydrogen) atoms. The highest BCUT2D eigenvalue weighted by Gasteiger charge is 2.39. The Morgan fingerprint density at radius 3 is 2.29 bits per heavy atom. The highest BCUT2D eigenvalue weighted by Crippen LogP contribution is 2.40. The molecule has 0 bridgehead atoms. The lowest BCUT2D eigenvalue weighted by Crippen LogP contribution is -2.45. The normalized spacial score (nSPS) is 20.0. The average Bonchev–Trinajstić information content (AvgIpc) is 2.70. The van der Waals surface area contributed by atoms with Crippen LogP contribution < -0.4 is 5.32 Å². The Labute approximate surface area is 130 Å². The summed E-state index contributed by atoms with van der Waals surface area (Å²) in [6.45, 7) is 7.30. The number of nitrogens with one attached hydrogen (secondary N) is 1. The van der Waals surface area contributed by atoms with Gasteiger partial charge in [-0.15, -0.1) is 0 Å². The first-order valence-electron chi connectivity index (χ1n) is 8.51. The van der Waals surface area contributed by atoms with Crippen molar-refractivity contribution in [3.63, 3.8) is 0 Å². The fourth-order valence-corrected chi connectivity index (χ4v) is 3.81. The van der Waals surface area contributed by atoms with Gasteiger partial charge in [0.1, 0.15) is 0 Å². The van der Waals surface area contributed by atoms with Crippen LogP contribution in [-0.2, 0) is 4.74 Å². The predicted molar refractivity (Wildman–Crippen MR) is 89.8 cm³/mol. The zero-order chi connectivity index (χ0) is 15.3. The fraction of sp³-hybridized carbons (Fsp3) is 0.684. The first kappa shape index (κ1) is 16.5. The topological polar surface area (TPSA) is 21.3 Å². The van der Waals surface area contributed by atoms with Gasteiger partial charge in [0.15, 0.2) is 0 Å². The maximum absolute atomic E-state index is 6.37. The summed E-state index contributed by atoms with van der Waals surface area (Å²) in [5, 5.41) is 3.56. The summed E-state index contributed by atoms with van der Waals surface area (Å²) in [7, 11) is 2.07. The van der Waals surface area contributed by atoms with Crippen LogP contribution in [0.2, 0.25) is 0 Å². The summed E-state index contributed by atoms with van der Waals surface area (Å²) in [5.74, 6) is 0. The summed E-state index contributed by atoms with van der Waals surface area (Å²) in [5.41, 5.74) is 4.06. The molecule has 1 unspecified atom stereocenters. The summed E-state index contributed by atoms with van der Waals surface area (Å²) in [6.07, 6.45) is 7.58. The van der Waals surface area contributed by atoms with Crippen LogP contribution in [0.5, 0.6) is 0 Å². The van der Waals surface area contributed by atoms with Gasteiger partial charge < -0.3 is 10.1 Å². The Bertz CT molecular complexity index is 447. The van der Waals surface area contributed by atoms with Crippen molar-refractivity contribution in [2.75, 3.05) is 13.7 Å². The third-order valence-electron chi connectivity index (χ3n) is 5.06. The summed E-state index contributed by atoms with van der Waals surface area (Å²) >= 11 is 0. The second-order valence-electron chi connectivity index (χ2n) is 6.48. The van der Waals surface area contributed by atoms with Crippen LogP contribution in [0.25, 0.3) is 0 Å². The van der Waals surface area contributed by atoms with Crippen molar-refractivity contribution in [3.8, 4) is 0 Å². The number of hydrogen-bond donors (Lipinski definition) is 1. The van der Waals surface area contributed by atoms with Gasteiger partial charge in [0.25, 0.3) is 0 Å². The summed E-state index contributed by atoms with van der Waals surface area (Å²) in [4.78, 5) is 0. The van der Waals surface area contributed by atoms with E-state index in [4.69, 9.17) is 4.74 Å². The molecule has 0 radical (unpaired) electrons. The van der Waals surface area contributed by atoms with Crippen molar-refractivity contribution >= 4 is 0 Å². The Morgan fingerprint density at radius 2 is 1.76 bits per heavy atom. The summed E-state index contributed by atoms with van der Waals surface area (Å²) < 4.78 is 6.37. The van der Waals surface area contributed by atoms with Crippen molar-refractivity contribution in [1.29, 1.82) is 0 Å². The molecule has 2 heteroatoms. The van der Waals surface area contributed by atoms with Gasteiger partial charge in [-0.1, -0.05) is 43.9 Å². The minimum atomic E-state index is -0.0400. The van der Waals surface area contributed by atoms with E-state index >= 15 is 0 Å². The SMILES string of the molecule is CCOC1(C(NC)c2ccc(C)c(C)c2)CCCCCC1. The average molecular weight is 289 g/mol. The Kier molecular flexibility index (Phi) is 5.83. The van der Waals surface area contributed by atoms with Gasteiger partial charge in [-0.2, -0.15) is 0 Å². The number of benzene rings is 1. The van der Waals surface area contributed by atoms with E-state index < -0.39 is 0 Å². The van der Waals surface area contributed by atoms with Gasteiger partial charge in [-0.05, 0) is 57.4 Å². The minimum Gasteiger partial charge on any atom is -0.373 e. The number of aryl methyl sites for hydroxylation is 2. The molecule has 0 saturated heterocycles. The molecule has 0 heterocycles. The molecule has 1 atom stereocenters. The van der Waals surface area contributed by atoms with E-state index in [-0.39, 0.29) is 11.6 Å². The first-order valence-corrected chi connectivity index (χ1v) is 8.51. The van der Waals surface area contributed by atoms with Crippen molar-refractivity contribution in [2.45, 2.75) is 70.9 Å². The van der Waals surface area contributed by atoms with Gasteiger partial charge in [0, 0.05) is 6.61 Å². The predicted octanol–water partition coefficient (Wildman–Crippen LogP) is 4.69. The van der Waals surface area contributed by atoms with Crippen molar-refractivity contribution in [2.24, 2.45) is 0 Å². The van der Waals surface area contributed by atoms with Crippen LogP contribution in [-0.4, -0.2) is 19.3 Å². The van der Waals surface area contributed by atoms with Crippen LogP contribution >= 0.6 is 0 Å². The maximum atomic E-state index is 6.37. The quantitative estimate of drug-likeness (QED) is 0.794. The van der Waals surface area contributed by atoms with E-state index in [0.29, 0.717) is 0 Å². The molecule has 1 aromatic carbocycles. The van der Waals surface area contributed by atoms with E-state index in [9.17, 15) is 0 Å². The monoisotopic (exact) mass is 289 g/mol. The van der Waals surface area contributed by atoms with E-state index in [2.05, 4.69) is 51.3 Å². The lowest BCUT2D eigenvalue weighted by Gasteiger charge is -2.40. The van der Waals surface area contributed by atoms with E-state index in [0.717, 1.165) is 6.61 Å². The standard InChI is InChI=1S/C19H31NO/c1-5-21-19(12-8-6-7-9-13-19)18(20-4)17-11-10-15(2)16(3)14-17/h10-11,14,18,20H,5-9,12-13H2,1-4H3. The van der Waals surface area contributed by atoms with Gasteiger partial charge >= 0.3 is 0 Å². The number of likely N-dealkylation sites (N-methyl/N-ethyl adjacent to an activating group) is 1. The third kappa shape index (κ3) is 3.67. The van der Waals surface area contributed by atoms with Crippen LogP contribution in [0.3, 0.4) is 0 Å². The zero-order valence-corrected chi connectivity index (χ0v) is 14.2. The molecule has 2 rings (SSSR count). The largest absolute Gasteiger partial charge is 0.373 e. The molecule has 1 N–H and O–H groups in total. The minimum absolute atomic E-state index is 0.0400. The number of ether oxygens (including phenoxy) is 1. The summed E-state index contributed by atoms with van der Waals surface area (Å²) in [6, 6.07) is 7.14. The van der Waals surface area contributed by atoms with Crippen molar-refractivity contribution < 1.29 is 4.74 Å². The third-order valence-corrected chi connectivity index (χ3v) is 5.06. The number of rotatable bonds is 5. The second-order valence-corrected chi connectivity index (χ2v) is 6.48. The Morgan fingerprint density at radius 1 is 1.10 bits per heavy atom. The fourth-order valence-electron chi connectivity index (χ4n) is 3.81. The van der Waals surface area contributed by atoms with Crippen molar-refractivity contribution in [3.05, 3.63) is 34.9 Å². The molecular weight excluding hydrogens is 258 g/mol. The molecular formula is C19H31NO. The van der Waals surface area contributed by atoms with Gasteiger partial charge in [-0.3, -0.25) is 0 Å². The molecule has 1 fully saturated rings. The molecule has 1 saturated carbocycles. The van der Waals surface area contributed by atoms with Gasteiger partial charge in [0.05, 0.1) is 11.6 Å². The lowest BCUT2D eigenvalue weighted by molar-refractivity contribution is -0.0767. The first-order chi connectivity index (χ1) is 10.1. The maximum Gasteiger partial charge on any atom is 0.0876 e. The van der Waals surface area contributed by atoms with E-state index in [1.54, 1.807) is 0 Å². The molecule has 1 aliphatic carbocycles. The smallest absolute Gasteiger partial charge is 0.0876 e. The zero-order valence-electron chi connectivity index (χ0n) is 14.2. The van der Waals surface area contributed by atoms with Crippen LogP contribution in [0.4, 0.5) is 0 Å². The van der Waals surface area contributed by atoms with Crippen LogP contribution in [0.15, 0.2) is 18.2 Å². The van der Waals surface area contributed by atoms with Gasteiger partial charge in [-0.25, -0.2) is 0 Å². The highest BCUT2D eigenvalue weighted by atomic mass is 16.5. The van der Waals surface area contributed by atoms with Crippen LogP contribution in [0, 0.1) is 13.8 Å². The van der Waals surface area contributed by atoms with Crippen molar-refractivity contribution in [1.82, 2.24) is 5.32 Å². The molecule has 118 valence electrons. The number of hydrogen-bond acceptors (Lipinski definition) is 2. The molecule has 2 nitrogen and oxygen atoms in total. The second kappa shape index (κ2) is 7.42. The molecule has 0 aromatic heterocycles.